The molecule has 0 atom stereocenters. The Morgan fingerprint density at radius 3 is 2.35 bits per heavy atom. The van der Waals surface area contributed by atoms with Crippen molar-refractivity contribution >= 4 is 17.3 Å². The molecule has 0 saturated heterocycles. The van der Waals surface area contributed by atoms with Gasteiger partial charge in [-0.05, 0) is 35.4 Å². The van der Waals surface area contributed by atoms with E-state index >= 15 is 0 Å². The fraction of sp³-hybridized carbons (Fsp3) is 0.0667. The average Bonchev–Trinajstić information content (AvgIpc) is 2.40. The van der Waals surface area contributed by atoms with Gasteiger partial charge in [0.05, 0.1) is 0 Å². The fourth-order valence-electron chi connectivity index (χ4n) is 1.71. The maximum absolute atomic E-state index is 10.7. The predicted molar refractivity (Wildman–Crippen MR) is 71.9 cm³/mol. The molecule has 0 aliphatic rings. The Kier molecular flexibility index (Phi) is 3.46. The largest absolute Gasteiger partial charge is 0.145 e. The van der Waals surface area contributed by atoms with Gasteiger partial charge in [-0.1, -0.05) is 48.5 Å². The topological polar surface area (TPSA) is 29.4 Å². The number of hydrogen-bond acceptors (Lipinski definition) is 2. The van der Waals surface area contributed by atoms with E-state index in [0.29, 0.717) is 5.69 Å². The third kappa shape index (κ3) is 2.67. The zero-order valence-electron chi connectivity index (χ0n) is 9.63. The van der Waals surface area contributed by atoms with Gasteiger partial charge in [-0.15, -0.1) is 4.91 Å². The Balaban J connectivity index is 2.39. The Labute approximate surface area is 101 Å². The summed E-state index contributed by atoms with van der Waals surface area (Å²) in [5, 5.41) is 3.02. The van der Waals surface area contributed by atoms with Crippen molar-refractivity contribution in [1.29, 1.82) is 0 Å². The minimum Gasteiger partial charge on any atom is -0.145 e. The summed E-state index contributed by atoms with van der Waals surface area (Å²) in [5.41, 5.74) is 3.58. The van der Waals surface area contributed by atoms with Crippen molar-refractivity contribution in [2.24, 2.45) is 5.18 Å². The maximum atomic E-state index is 10.7. The van der Waals surface area contributed by atoms with Gasteiger partial charge in [0.15, 0.2) is 0 Å². The average molecular weight is 223 g/mol. The van der Waals surface area contributed by atoms with Crippen molar-refractivity contribution in [3.8, 4) is 0 Å². The van der Waals surface area contributed by atoms with Crippen LogP contribution in [0.25, 0.3) is 11.6 Å². The van der Waals surface area contributed by atoms with Crippen LogP contribution in [-0.4, -0.2) is 0 Å². The second-order valence-electron chi connectivity index (χ2n) is 3.84. The molecule has 0 aliphatic carbocycles. The molecule has 0 spiro atoms. The van der Waals surface area contributed by atoms with Crippen molar-refractivity contribution in [1.82, 2.24) is 0 Å². The van der Waals surface area contributed by atoms with Crippen LogP contribution < -0.4 is 0 Å². The number of nitroso groups, excluding NO2 is 1. The van der Waals surface area contributed by atoms with E-state index in [1.807, 2.05) is 61.5 Å². The van der Waals surface area contributed by atoms with Crippen LogP contribution in [0.2, 0.25) is 0 Å². The molecular weight excluding hydrogens is 210 g/mol. The number of hydrogen-bond donors (Lipinski definition) is 0. The van der Waals surface area contributed by atoms with E-state index in [1.54, 1.807) is 6.07 Å². The number of allylic oxidation sites excluding steroid dienone is 1. The lowest BCUT2D eigenvalue weighted by Crippen LogP contribution is -1.79. The normalized spacial score (nSPS) is 11.2. The minimum absolute atomic E-state index is 0.475. The maximum Gasteiger partial charge on any atom is 0.115 e. The molecule has 2 aromatic rings. The molecule has 0 aliphatic heterocycles. The van der Waals surface area contributed by atoms with Crippen LogP contribution in [0, 0.1) is 4.91 Å². The van der Waals surface area contributed by atoms with Crippen molar-refractivity contribution in [3.05, 3.63) is 70.6 Å². The summed E-state index contributed by atoms with van der Waals surface area (Å²) in [5.74, 6) is 0. The highest BCUT2D eigenvalue weighted by Gasteiger charge is 2.00. The summed E-state index contributed by atoms with van der Waals surface area (Å²) in [4.78, 5) is 10.7. The fourth-order valence-corrected chi connectivity index (χ4v) is 1.71. The van der Waals surface area contributed by atoms with E-state index in [1.165, 1.54) is 0 Å². The molecule has 2 nitrogen and oxygen atoms in total. The highest BCUT2D eigenvalue weighted by molar-refractivity contribution is 5.83. The Hall–Kier alpha value is -2.22. The van der Waals surface area contributed by atoms with Crippen molar-refractivity contribution in [3.63, 3.8) is 0 Å². The SMILES string of the molecule is C/C(=C\c1ccccc1N=O)c1ccccc1. The van der Waals surface area contributed by atoms with Crippen LogP contribution in [0.3, 0.4) is 0 Å². The van der Waals surface area contributed by atoms with Gasteiger partial charge in [0, 0.05) is 5.56 Å². The van der Waals surface area contributed by atoms with Gasteiger partial charge in [-0.2, -0.15) is 0 Å². The van der Waals surface area contributed by atoms with Crippen LogP contribution >= 0.6 is 0 Å². The summed E-state index contributed by atoms with van der Waals surface area (Å²) in [6.07, 6.45) is 1.98. The molecule has 0 fully saturated rings. The zero-order chi connectivity index (χ0) is 12.1. The van der Waals surface area contributed by atoms with Crippen molar-refractivity contribution in [2.45, 2.75) is 6.92 Å². The number of benzene rings is 2. The molecule has 0 N–H and O–H groups in total. The third-order valence-electron chi connectivity index (χ3n) is 2.64. The van der Waals surface area contributed by atoms with Crippen LogP contribution in [0.15, 0.2) is 59.8 Å². The molecular formula is C15H13NO. The first kappa shape index (κ1) is 11.3. The van der Waals surface area contributed by atoms with Gasteiger partial charge in [-0.3, -0.25) is 0 Å². The van der Waals surface area contributed by atoms with E-state index in [9.17, 15) is 4.91 Å². The monoisotopic (exact) mass is 223 g/mol. The first-order valence-corrected chi connectivity index (χ1v) is 5.47. The molecule has 0 unspecified atom stereocenters. The lowest BCUT2D eigenvalue weighted by Gasteiger charge is -2.02. The van der Waals surface area contributed by atoms with Crippen molar-refractivity contribution < 1.29 is 0 Å². The smallest absolute Gasteiger partial charge is 0.115 e. The molecule has 0 bridgehead atoms. The number of rotatable bonds is 3. The molecule has 0 amide bonds. The highest BCUT2D eigenvalue weighted by atomic mass is 16.3. The second kappa shape index (κ2) is 5.21. The van der Waals surface area contributed by atoms with E-state index in [-0.39, 0.29) is 0 Å². The summed E-state index contributed by atoms with van der Waals surface area (Å²) >= 11 is 0. The summed E-state index contributed by atoms with van der Waals surface area (Å²) in [7, 11) is 0. The van der Waals surface area contributed by atoms with Gasteiger partial charge in [0.25, 0.3) is 0 Å². The predicted octanol–water partition coefficient (Wildman–Crippen LogP) is 4.65. The van der Waals surface area contributed by atoms with Crippen LogP contribution in [0.4, 0.5) is 5.69 Å². The van der Waals surface area contributed by atoms with E-state index < -0.39 is 0 Å². The molecule has 17 heavy (non-hydrogen) atoms. The van der Waals surface area contributed by atoms with Crippen LogP contribution in [0.1, 0.15) is 18.1 Å². The first-order valence-electron chi connectivity index (χ1n) is 5.47. The minimum atomic E-state index is 0.475. The second-order valence-corrected chi connectivity index (χ2v) is 3.84. The molecule has 2 heteroatoms. The summed E-state index contributed by atoms with van der Waals surface area (Å²) < 4.78 is 0. The lowest BCUT2D eigenvalue weighted by molar-refractivity contribution is 1.47. The van der Waals surface area contributed by atoms with Gasteiger partial charge in [0.1, 0.15) is 5.69 Å². The van der Waals surface area contributed by atoms with E-state index in [2.05, 4.69) is 5.18 Å². The molecule has 84 valence electrons. The standard InChI is InChI=1S/C15H13NO/c1-12(13-7-3-2-4-8-13)11-14-9-5-6-10-15(14)16-17/h2-11H,1H3/b12-11+. The summed E-state index contributed by atoms with van der Waals surface area (Å²) in [6, 6.07) is 17.4. The number of nitrogens with zero attached hydrogens (tertiary/aromatic N) is 1. The highest BCUT2D eigenvalue weighted by Crippen LogP contribution is 2.24. The Bertz CT molecular complexity index is 544. The van der Waals surface area contributed by atoms with Gasteiger partial charge >= 0.3 is 0 Å². The summed E-state index contributed by atoms with van der Waals surface area (Å²) in [6.45, 7) is 2.02. The van der Waals surface area contributed by atoms with Gasteiger partial charge < -0.3 is 0 Å². The Morgan fingerprint density at radius 2 is 1.65 bits per heavy atom. The zero-order valence-corrected chi connectivity index (χ0v) is 9.63. The van der Waals surface area contributed by atoms with Crippen LogP contribution in [0.5, 0.6) is 0 Å². The van der Waals surface area contributed by atoms with E-state index in [4.69, 9.17) is 0 Å². The molecule has 0 heterocycles. The molecule has 0 saturated carbocycles. The van der Waals surface area contributed by atoms with Gasteiger partial charge in [-0.25, -0.2) is 0 Å². The van der Waals surface area contributed by atoms with Crippen molar-refractivity contribution in [2.75, 3.05) is 0 Å². The Morgan fingerprint density at radius 1 is 1.00 bits per heavy atom. The first-order chi connectivity index (χ1) is 8.31. The molecule has 0 aromatic heterocycles. The third-order valence-corrected chi connectivity index (χ3v) is 2.64. The quantitative estimate of drug-likeness (QED) is 0.550. The molecule has 0 radical (unpaired) electrons. The molecule has 2 aromatic carbocycles. The van der Waals surface area contributed by atoms with Crippen LogP contribution in [-0.2, 0) is 0 Å². The van der Waals surface area contributed by atoms with Gasteiger partial charge in [0.2, 0.25) is 0 Å². The lowest BCUT2D eigenvalue weighted by atomic mass is 10.0. The van der Waals surface area contributed by atoms with E-state index in [0.717, 1.165) is 16.7 Å². The molecule has 2 rings (SSSR count).